The minimum atomic E-state index is -0.417. The van der Waals surface area contributed by atoms with Gasteiger partial charge in [0.2, 0.25) is 0 Å². The second kappa shape index (κ2) is 5.96. The molecule has 1 saturated heterocycles. The number of likely N-dealkylation sites (tertiary alicyclic amines) is 1. The highest BCUT2D eigenvalue weighted by molar-refractivity contribution is 7.19. The number of nitro benzene ring substituents is 1. The van der Waals surface area contributed by atoms with Crippen LogP contribution in [0.15, 0.2) is 30.5 Å². The van der Waals surface area contributed by atoms with Gasteiger partial charge < -0.3 is 4.90 Å². The number of imidazole rings is 1. The van der Waals surface area contributed by atoms with E-state index in [1.807, 2.05) is 22.4 Å². The van der Waals surface area contributed by atoms with Crippen LogP contribution >= 0.6 is 11.3 Å². The molecule has 0 N–H and O–H groups in total. The van der Waals surface area contributed by atoms with Gasteiger partial charge >= 0.3 is 0 Å². The Labute approximate surface area is 147 Å². The number of fused-ring (bicyclic) bond motifs is 1. The maximum Gasteiger partial charge on any atom is 0.270 e. The van der Waals surface area contributed by atoms with Crippen LogP contribution in [0.2, 0.25) is 0 Å². The van der Waals surface area contributed by atoms with Gasteiger partial charge in [0, 0.05) is 42.7 Å². The van der Waals surface area contributed by atoms with E-state index in [0.29, 0.717) is 11.3 Å². The molecule has 25 heavy (non-hydrogen) atoms. The van der Waals surface area contributed by atoms with Crippen molar-refractivity contribution in [3.05, 3.63) is 51.1 Å². The van der Waals surface area contributed by atoms with Crippen molar-refractivity contribution in [2.24, 2.45) is 0 Å². The Morgan fingerprint density at radius 2 is 2.08 bits per heavy atom. The number of benzene rings is 1. The summed E-state index contributed by atoms with van der Waals surface area (Å²) >= 11 is 1.37. The van der Waals surface area contributed by atoms with Gasteiger partial charge in [-0.1, -0.05) is 23.5 Å². The third-order valence-electron chi connectivity index (χ3n) is 4.50. The molecule has 1 amide bonds. The second-order valence-electron chi connectivity index (χ2n) is 6.10. The van der Waals surface area contributed by atoms with E-state index in [9.17, 15) is 14.9 Å². The Hall–Kier alpha value is -2.74. The number of amides is 1. The van der Waals surface area contributed by atoms with Crippen molar-refractivity contribution >= 4 is 27.9 Å². The first kappa shape index (κ1) is 15.8. The van der Waals surface area contributed by atoms with E-state index < -0.39 is 4.92 Å². The lowest BCUT2D eigenvalue weighted by Gasteiger charge is -2.14. The zero-order valence-electron chi connectivity index (χ0n) is 13.6. The standard InChI is InChI=1S/C17H16N4O3S/c1-11-15(16(22)19-7-2-3-8-19)25-17-18-14(10-20(11)17)12-5-4-6-13(9-12)21(23)24/h4-6,9-10H,2-3,7-8H2,1H3. The maximum absolute atomic E-state index is 12.6. The number of nitro groups is 1. The molecule has 0 unspecified atom stereocenters. The fraction of sp³-hybridized carbons (Fsp3) is 0.294. The van der Waals surface area contributed by atoms with E-state index in [1.165, 1.54) is 23.5 Å². The number of nitrogens with zero attached hydrogens (tertiary/aromatic N) is 4. The normalized spacial score (nSPS) is 14.4. The van der Waals surface area contributed by atoms with Crippen LogP contribution in [0.3, 0.4) is 0 Å². The molecule has 8 heteroatoms. The van der Waals surface area contributed by atoms with Crippen LogP contribution in [-0.4, -0.2) is 38.2 Å². The van der Waals surface area contributed by atoms with Gasteiger partial charge in [0.15, 0.2) is 4.96 Å². The molecule has 4 rings (SSSR count). The molecule has 1 aliphatic rings. The predicted octanol–water partition coefficient (Wildman–Crippen LogP) is 3.52. The van der Waals surface area contributed by atoms with Crippen molar-refractivity contribution in [2.75, 3.05) is 13.1 Å². The van der Waals surface area contributed by atoms with Gasteiger partial charge in [-0.3, -0.25) is 19.3 Å². The van der Waals surface area contributed by atoms with E-state index in [0.717, 1.165) is 41.5 Å². The monoisotopic (exact) mass is 356 g/mol. The van der Waals surface area contributed by atoms with Gasteiger partial charge in [-0.25, -0.2) is 4.98 Å². The maximum atomic E-state index is 12.6. The minimum absolute atomic E-state index is 0.0375. The van der Waals surface area contributed by atoms with Gasteiger partial charge in [0.1, 0.15) is 4.88 Å². The Bertz CT molecular complexity index is 985. The SMILES string of the molecule is Cc1c(C(=O)N2CCCC2)sc2nc(-c3cccc([N+](=O)[O-])c3)cn12. The summed E-state index contributed by atoms with van der Waals surface area (Å²) in [6.07, 6.45) is 3.95. The summed E-state index contributed by atoms with van der Waals surface area (Å²) in [6.45, 7) is 3.54. The second-order valence-corrected chi connectivity index (χ2v) is 7.08. The number of aromatic nitrogens is 2. The van der Waals surface area contributed by atoms with Crippen LogP contribution in [-0.2, 0) is 0 Å². The Morgan fingerprint density at radius 1 is 1.32 bits per heavy atom. The lowest BCUT2D eigenvalue weighted by Crippen LogP contribution is -2.27. The molecule has 0 bridgehead atoms. The van der Waals surface area contributed by atoms with E-state index in [1.54, 1.807) is 12.1 Å². The smallest absolute Gasteiger partial charge is 0.270 e. The van der Waals surface area contributed by atoms with Crippen LogP contribution in [0.4, 0.5) is 5.69 Å². The first-order valence-corrected chi connectivity index (χ1v) is 8.89. The lowest BCUT2D eigenvalue weighted by molar-refractivity contribution is -0.384. The fourth-order valence-electron chi connectivity index (χ4n) is 3.13. The zero-order valence-corrected chi connectivity index (χ0v) is 14.5. The van der Waals surface area contributed by atoms with Gasteiger partial charge in [0.05, 0.1) is 10.6 Å². The average molecular weight is 356 g/mol. The highest BCUT2D eigenvalue weighted by Gasteiger charge is 2.25. The molecular weight excluding hydrogens is 340 g/mol. The summed E-state index contributed by atoms with van der Waals surface area (Å²) < 4.78 is 1.89. The van der Waals surface area contributed by atoms with Crippen molar-refractivity contribution < 1.29 is 9.72 Å². The summed E-state index contributed by atoms with van der Waals surface area (Å²) in [5, 5.41) is 10.9. The third kappa shape index (κ3) is 2.68. The number of thiazole rings is 1. The summed E-state index contributed by atoms with van der Waals surface area (Å²) in [7, 11) is 0. The summed E-state index contributed by atoms with van der Waals surface area (Å²) in [6, 6.07) is 6.42. The first-order valence-electron chi connectivity index (χ1n) is 8.07. The average Bonchev–Trinajstić information content (AvgIpc) is 3.32. The Morgan fingerprint density at radius 3 is 2.76 bits per heavy atom. The van der Waals surface area contributed by atoms with E-state index in [-0.39, 0.29) is 11.6 Å². The van der Waals surface area contributed by atoms with Crippen molar-refractivity contribution in [2.45, 2.75) is 19.8 Å². The van der Waals surface area contributed by atoms with Gasteiger partial charge in [0.25, 0.3) is 11.6 Å². The molecule has 1 aromatic carbocycles. The third-order valence-corrected chi connectivity index (χ3v) is 5.64. The molecule has 1 aliphatic heterocycles. The molecular formula is C17H16N4O3S. The molecule has 1 fully saturated rings. The van der Waals surface area contributed by atoms with Crippen LogP contribution in [0.25, 0.3) is 16.2 Å². The van der Waals surface area contributed by atoms with Crippen LogP contribution in [0, 0.1) is 17.0 Å². The molecule has 3 aromatic rings. The summed E-state index contributed by atoms with van der Waals surface area (Å²) in [5.41, 5.74) is 2.26. The molecule has 0 aliphatic carbocycles. The Balaban J connectivity index is 1.71. The van der Waals surface area contributed by atoms with Crippen LogP contribution in [0.1, 0.15) is 28.2 Å². The van der Waals surface area contributed by atoms with Crippen molar-refractivity contribution in [3.63, 3.8) is 0 Å². The first-order chi connectivity index (χ1) is 12.0. The fourth-order valence-corrected chi connectivity index (χ4v) is 4.21. The molecule has 0 atom stereocenters. The van der Waals surface area contributed by atoms with Gasteiger partial charge in [-0.2, -0.15) is 0 Å². The number of aryl methyl sites for hydroxylation is 1. The number of rotatable bonds is 3. The predicted molar refractivity (Wildman–Crippen MR) is 95.0 cm³/mol. The highest BCUT2D eigenvalue weighted by atomic mass is 32.1. The Kier molecular flexibility index (Phi) is 3.76. The van der Waals surface area contributed by atoms with Gasteiger partial charge in [-0.15, -0.1) is 0 Å². The highest BCUT2D eigenvalue weighted by Crippen LogP contribution is 2.30. The van der Waals surface area contributed by atoms with Crippen molar-refractivity contribution in [1.29, 1.82) is 0 Å². The lowest BCUT2D eigenvalue weighted by atomic mass is 10.1. The summed E-state index contributed by atoms with van der Waals surface area (Å²) in [5.74, 6) is 0.0717. The number of non-ortho nitro benzene ring substituents is 1. The topological polar surface area (TPSA) is 80.8 Å². The molecule has 0 saturated carbocycles. The molecule has 2 aromatic heterocycles. The molecule has 128 valence electrons. The quantitative estimate of drug-likeness (QED) is 0.531. The number of hydrogen-bond donors (Lipinski definition) is 0. The van der Waals surface area contributed by atoms with Crippen LogP contribution in [0.5, 0.6) is 0 Å². The van der Waals surface area contributed by atoms with Gasteiger partial charge in [-0.05, 0) is 19.8 Å². The molecule has 3 heterocycles. The van der Waals surface area contributed by atoms with E-state index in [2.05, 4.69) is 4.98 Å². The van der Waals surface area contributed by atoms with E-state index >= 15 is 0 Å². The molecule has 0 spiro atoms. The van der Waals surface area contributed by atoms with Crippen LogP contribution < -0.4 is 0 Å². The largest absolute Gasteiger partial charge is 0.338 e. The van der Waals surface area contributed by atoms with Crippen molar-refractivity contribution in [1.82, 2.24) is 14.3 Å². The molecule has 0 radical (unpaired) electrons. The number of hydrogen-bond acceptors (Lipinski definition) is 5. The minimum Gasteiger partial charge on any atom is -0.338 e. The zero-order chi connectivity index (χ0) is 17.6. The summed E-state index contributed by atoms with van der Waals surface area (Å²) in [4.78, 5) is 31.1. The van der Waals surface area contributed by atoms with Crippen molar-refractivity contribution in [3.8, 4) is 11.3 Å². The molecule has 7 nitrogen and oxygen atoms in total. The number of carbonyl (C=O) groups is 1. The number of carbonyl (C=O) groups excluding carboxylic acids is 1. The van der Waals surface area contributed by atoms with E-state index in [4.69, 9.17) is 0 Å².